The van der Waals surface area contributed by atoms with E-state index in [4.69, 9.17) is 5.11 Å². The molecule has 20 heavy (non-hydrogen) atoms. The summed E-state index contributed by atoms with van der Waals surface area (Å²) in [6, 6.07) is 4.67. The van der Waals surface area contributed by atoms with E-state index < -0.39 is 32.9 Å². The monoisotopic (exact) mass is 278 g/mol. The number of nitrogens with zero attached hydrogens (tertiary/aromatic N) is 4. The number of carboxylic acid groups (broad SMARTS) is 1. The Morgan fingerprint density at radius 3 is 2.40 bits per heavy atom. The summed E-state index contributed by atoms with van der Waals surface area (Å²) in [6.45, 7) is 0. The predicted molar refractivity (Wildman–Crippen MR) is 63.8 cm³/mol. The van der Waals surface area contributed by atoms with Crippen molar-refractivity contribution in [1.29, 1.82) is 0 Å². The number of aromatic nitrogens is 2. The van der Waals surface area contributed by atoms with Gasteiger partial charge in [0.25, 0.3) is 0 Å². The molecule has 0 unspecified atom stereocenters. The van der Waals surface area contributed by atoms with Crippen LogP contribution in [0.25, 0.3) is 5.69 Å². The van der Waals surface area contributed by atoms with Gasteiger partial charge in [0.05, 0.1) is 22.3 Å². The lowest BCUT2D eigenvalue weighted by atomic mass is 10.1. The van der Waals surface area contributed by atoms with Gasteiger partial charge >= 0.3 is 17.5 Å². The third-order valence-corrected chi connectivity index (χ3v) is 2.44. The van der Waals surface area contributed by atoms with Crippen LogP contribution in [0.1, 0.15) is 10.4 Å². The van der Waals surface area contributed by atoms with Crippen LogP contribution in [0, 0.1) is 20.2 Å². The van der Waals surface area contributed by atoms with E-state index in [0.717, 1.165) is 23.0 Å². The molecule has 0 saturated carbocycles. The summed E-state index contributed by atoms with van der Waals surface area (Å²) in [5.74, 6) is -1.97. The molecule has 0 fully saturated rings. The van der Waals surface area contributed by atoms with Crippen molar-refractivity contribution in [3.63, 3.8) is 0 Å². The standard InChI is InChI=1S/C10H6N4O6/c15-10(16)6-2-1-3-7(9(6)14(19)20)12-5-4-8(11-12)13(17)18/h1-5H,(H,15,16). The Hall–Kier alpha value is -3.30. The quantitative estimate of drug-likeness (QED) is 0.657. The number of nitro groups is 2. The Morgan fingerprint density at radius 2 is 1.90 bits per heavy atom. The number of para-hydroxylation sites is 1. The Balaban J connectivity index is 2.66. The molecule has 1 aromatic carbocycles. The maximum Gasteiger partial charge on any atom is 0.390 e. The summed E-state index contributed by atoms with van der Waals surface area (Å²) in [7, 11) is 0. The lowest BCUT2D eigenvalue weighted by molar-refractivity contribution is -0.389. The molecule has 2 rings (SSSR count). The van der Waals surface area contributed by atoms with Gasteiger partial charge in [0.1, 0.15) is 5.56 Å². The Bertz CT molecular complexity index is 722. The van der Waals surface area contributed by atoms with Crippen LogP contribution < -0.4 is 0 Å². The van der Waals surface area contributed by atoms with Crippen molar-refractivity contribution in [2.45, 2.75) is 0 Å². The molecule has 0 spiro atoms. The van der Waals surface area contributed by atoms with E-state index in [9.17, 15) is 25.0 Å². The van der Waals surface area contributed by atoms with Crippen LogP contribution in [0.15, 0.2) is 30.5 Å². The highest BCUT2D eigenvalue weighted by molar-refractivity contribution is 5.94. The Kier molecular flexibility index (Phi) is 3.13. The van der Waals surface area contributed by atoms with E-state index in [1.54, 1.807) is 0 Å². The number of benzene rings is 1. The lowest BCUT2D eigenvalue weighted by Crippen LogP contribution is -2.08. The van der Waals surface area contributed by atoms with Crippen LogP contribution in [0.5, 0.6) is 0 Å². The molecule has 10 nitrogen and oxygen atoms in total. The third-order valence-electron chi connectivity index (χ3n) is 2.44. The fourth-order valence-corrected chi connectivity index (χ4v) is 1.63. The maximum absolute atomic E-state index is 11.0. The molecule has 1 N–H and O–H groups in total. The lowest BCUT2D eigenvalue weighted by Gasteiger charge is -2.02. The minimum absolute atomic E-state index is 0.164. The number of carboxylic acids is 1. The number of carbonyl (C=O) groups is 1. The minimum Gasteiger partial charge on any atom is -0.477 e. The van der Waals surface area contributed by atoms with Gasteiger partial charge in [0.2, 0.25) is 0 Å². The van der Waals surface area contributed by atoms with Crippen LogP contribution in [0.2, 0.25) is 0 Å². The van der Waals surface area contributed by atoms with Gasteiger partial charge in [-0.1, -0.05) is 6.07 Å². The smallest absolute Gasteiger partial charge is 0.390 e. The Labute approximate surface area is 110 Å². The summed E-state index contributed by atoms with van der Waals surface area (Å²) in [5.41, 5.74) is -1.37. The van der Waals surface area contributed by atoms with Crippen LogP contribution in [-0.4, -0.2) is 30.7 Å². The Morgan fingerprint density at radius 1 is 1.20 bits per heavy atom. The van der Waals surface area contributed by atoms with Crippen LogP contribution >= 0.6 is 0 Å². The summed E-state index contributed by atoms with van der Waals surface area (Å²) >= 11 is 0. The number of aromatic carboxylic acids is 1. The first-order valence-corrected chi connectivity index (χ1v) is 5.13. The van der Waals surface area contributed by atoms with Crippen molar-refractivity contribution < 1.29 is 19.7 Å². The zero-order chi connectivity index (χ0) is 14.9. The molecule has 0 bridgehead atoms. The van der Waals surface area contributed by atoms with E-state index in [1.807, 2.05) is 0 Å². The summed E-state index contributed by atoms with van der Waals surface area (Å²) < 4.78 is 0.892. The number of hydrogen-bond acceptors (Lipinski definition) is 6. The highest BCUT2D eigenvalue weighted by Gasteiger charge is 2.27. The normalized spacial score (nSPS) is 10.2. The second-order valence-corrected chi connectivity index (χ2v) is 3.61. The summed E-state index contributed by atoms with van der Waals surface area (Å²) in [4.78, 5) is 30.9. The molecule has 1 aromatic heterocycles. The van der Waals surface area contributed by atoms with Crippen molar-refractivity contribution in [1.82, 2.24) is 9.78 Å². The second kappa shape index (κ2) is 4.76. The first-order chi connectivity index (χ1) is 9.41. The fourth-order valence-electron chi connectivity index (χ4n) is 1.63. The number of nitro benzene ring substituents is 1. The van der Waals surface area contributed by atoms with Gasteiger partial charge in [0, 0.05) is 0 Å². The van der Waals surface area contributed by atoms with Gasteiger partial charge in [0.15, 0.2) is 5.69 Å². The molecule has 0 amide bonds. The highest BCUT2D eigenvalue weighted by atomic mass is 16.6. The summed E-state index contributed by atoms with van der Waals surface area (Å²) in [6.07, 6.45) is 1.14. The molecule has 0 aliphatic carbocycles. The first-order valence-electron chi connectivity index (χ1n) is 5.13. The average Bonchev–Trinajstić information content (AvgIpc) is 2.87. The molecular weight excluding hydrogens is 272 g/mol. The third kappa shape index (κ3) is 2.16. The van der Waals surface area contributed by atoms with Crippen molar-refractivity contribution >= 4 is 17.5 Å². The van der Waals surface area contributed by atoms with Crippen molar-refractivity contribution in [3.8, 4) is 5.69 Å². The molecule has 1 heterocycles. The molecule has 0 radical (unpaired) electrons. The largest absolute Gasteiger partial charge is 0.477 e. The molecule has 10 heteroatoms. The molecule has 0 aliphatic heterocycles. The van der Waals surface area contributed by atoms with Crippen LogP contribution in [0.3, 0.4) is 0 Å². The van der Waals surface area contributed by atoms with Crippen LogP contribution in [-0.2, 0) is 0 Å². The van der Waals surface area contributed by atoms with Gasteiger partial charge in [-0.05, 0) is 17.1 Å². The van der Waals surface area contributed by atoms with Gasteiger partial charge in [-0.3, -0.25) is 10.1 Å². The average molecular weight is 278 g/mol. The van der Waals surface area contributed by atoms with Crippen molar-refractivity contribution in [3.05, 3.63) is 56.3 Å². The SMILES string of the molecule is O=C(O)c1cccc(-n2ccc([N+](=O)[O-])n2)c1[N+](=O)[O-]. The predicted octanol–water partition coefficient (Wildman–Crippen LogP) is 1.39. The maximum atomic E-state index is 11.0. The van der Waals surface area contributed by atoms with Crippen molar-refractivity contribution in [2.75, 3.05) is 0 Å². The molecule has 0 aliphatic rings. The highest BCUT2D eigenvalue weighted by Crippen LogP contribution is 2.27. The first kappa shape index (κ1) is 13.1. The van der Waals surface area contributed by atoms with Gasteiger partial charge in [-0.2, -0.15) is 0 Å². The zero-order valence-electron chi connectivity index (χ0n) is 9.66. The van der Waals surface area contributed by atoms with Crippen molar-refractivity contribution in [2.24, 2.45) is 0 Å². The van der Waals surface area contributed by atoms with E-state index in [1.165, 1.54) is 12.1 Å². The second-order valence-electron chi connectivity index (χ2n) is 3.61. The molecule has 0 saturated heterocycles. The zero-order valence-corrected chi connectivity index (χ0v) is 9.66. The van der Waals surface area contributed by atoms with E-state index in [2.05, 4.69) is 5.10 Å². The van der Waals surface area contributed by atoms with E-state index in [-0.39, 0.29) is 5.69 Å². The summed E-state index contributed by atoms with van der Waals surface area (Å²) in [5, 5.41) is 34.1. The number of rotatable bonds is 4. The molecule has 0 atom stereocenters. The van der Waals surface area contributed by atoms with E-state index >= 15 is 0 Å². The van der Waals surface area contributed by atoms with Gasteiger partial charge in [-0.15, -0.1) is 4.68 Å². The van der Waals surface area contributed by atoms with Crippen LogP contribution in [0.4, 0.5) is 11.5 Å². The molecular formula is C10H6N4O6. The molecule has 102 valence electrons. The fraction of sp³-hybridized carbons (Fsp3) is 0. The topological polar surface area (TPSA) is 141 Å². The van der Waals surface area contributed by atoms with Gasteiger partial charge in [-0.25, -0.2) is 4.79 Å². The molecule has 2 aromatic rings. The minimum atomic E-state index is -1.47. The van der Waals surface area contributed by atoms with E-state index in [0.29, 0.717) is 0 Å². The van der Waals surface area contributed by atoms with Gasteiger partial charge < -0.3 is 15.2 Å². The number of hydrogen-bond donors (Lipinski definition) is 1.